The topological polar surface area (TPSA) is 0 Å². The van der Waals surface area contributed by atoms with Gasteiger partial charge in [-0.15, -0.1) is 0 Å². The molecule has 0 aliphatic rings. The summed E-state index contributed by atoms with van der Waals surface area (Å²) >= 11 is -4.08. The fourth-order valence-electron chi connectivity index (χ4n) is 1.89. The third kappa shape index (κ3) is 4.67. The molecule has 0 heterocycles. The molecule has 0 fully saturated rings. The van der Waals surface area contributed by atoms with Gasteiger partial charge in [-0.25, -0.2) is 0 Å². The molecule has 0 saturated heterocycles. The van der Waals surface area contributed by atoms with Gasteiger partial charge in [-0.05, 0) is 0 Å². The van der Waals surface area contributed by atoms with Crippen molar-refractivity contribution in [3.63, 3.8) is 0 Å². The van der Waals surface area contributed by atoms with Gasteiger partial charge in [0.25, 0.3) is 0 Å². The van der Waals surface area contributed by atoms with Gasteiger partial charge in [0.05, 0.1) is 0 Å². The van der Waals surface area contributed by atoms with Crippen LogP contribution in [0.4, 0.5) is 0 Å². The first-order chi connectivity index (χ1) is 8.42. The molecule has 0 aliphatic carbocycles. The molecule has 0 aromatic heterocycles. The van der Waals surface area contributed by atoms with Crippen LogP contribution in [0, 0.1) is 0 Å². The summed E-state index contributed by atoms with van der Waals surface area (Å²) in [6.45, 7) is 0. The van der Waals surface area contributed by atoms with Crippen molar-refractivity contribution < 1.29 is 0 Å². The Hall–Kier alpha value is 0.128. The zero-order valence-corrected chi connectivity index (χ0v) is 14.6. The van der Waals surface area contributed by atoms with E-state index in [9.17, 15) is 0 Å². The Morgan fingerprint density at radius 3 is 1.28 bits per heavy atom. The second-order valence-corrected chi connectivity index (χ2v) is 32.6. The van der Waals surface area contributed by atoms with Crippen LogP contribution in [0.1, 0.15) is 11.1 Å². The summed E-state index contributed by atoms with van der Waals surface area (Å²) in [6.07, 6.45) is 0. The first-order valence-corrected chi connectivity index (χ1v) is 19.0. The van der Waals surface area contributed by atoms with E-state index in [1.807, 2.05) is 60.7 Å². The summed E-state index contributed by atoms with van der Waals surface area (Å²) in [7, 11) is 19.8. The summed E-state index contributed by atoms with van der Waals surface area (Å²) in [6, 6.07) is 19.9. The van der Waals surface area contributed by atoms with Crippen molar-refractivity contribution in [1.82, 2.24) is 0 Å². The fraction of sp³-hybridized carbons (Fsp3) is 0.143. The van der Waals surface area contributed by atoms with Crippen molar-refractivity contribution in [1.29, 1.82) is 0 Å². The minimum atomic E-state index is -4.08. The van der Waals surface area contributed by atoms with Gasteiger partial charge >= 0.3 is 121 Å². The molecule has 2 rings (SSSR count). The molecule has 0 unspecified atom stereocenters. The van der Waals surface area contributed by atoms with E-state index in [-0.39, 0.29) is 0 Å². The van der Waals surface area contributed by atoms with Gasteiger partial charge in [0.2, 0.25) is 0 Å². The Labute approximate surface area is 120 Å². The van der Waals surface area contributed by atoms with Gasteiger partial charge in [0.15, 0.2) is 0 Å². The van der Waals surface area contributed by atoms with Crippen LogP contribution < -0.4 is 0 Å². The first kappa shape index (κ1) is 14.5. The molecule has 0 bridgehead atoms. The number of hydrogen-bond acceptors (Lipinski definition) is 0. The Balaban J connectivity index is 2.17. The molecule has 0 nitrogen and oxygen atoms in total. The van der Waals surface area contributed by atoms with Gasteiger partial charge in [0, 0.05) is 0 Å². The first-order valence-electron chi connectivity index (χ1n) is 5.67. The van der Waals surface area contributed by atoms with E-state index in [2.05, 4.69) is 0 Å². The van der Waals surface area contributed by atoms with Gasteiger partial charge in [-0.1, -0.05) is 0 Å². The van der Waals surface area contributed by atoms with Crippen LogP contribution in [-0.2, 0) is 8.73 Å². The Morgan fingerprint density at radius 2 is 0.944 bits per heavy atom. The maximum absolute atomic E-state index is 6.59. The number of rotatable bonds is 4. The zero-order chi connectivity index (χ0) is 13.1. The molecule has 0 spiro atoms. The summed E-state index contributed by atoms with van der Waals surface area (Å²) in [4.78, 5) is 0. The number of halogens is 3. The third-order valence-electron chi connectivity index (χ3n) is 2.63. The van der Waals surface area contributed by atoms with E-state index in [1.165, 1.54) is 0 Å². The molecule has 0 aliphatic heterocycles. The van der Waals surface area contributed by atoms with Gasteiger partial charge in [-0.2, -0.15) is 0 Å². The van der Waals surface area contributed by atoms with Crippen LogP contribution in [0.5, 0.6) is 0 Å². The van der Waals surface area contributed by atoms with Gasteiger partial charge in [0.1, 0.15) is 0 Å². The SMILES string of the molecule is [Cl][Sb]([Cl])([Cl])([CH2]c1ccccc1)[CH2]c1ccccc1. The standard InChI is InChI=1S/2C7H7.3ClH.Sb/c2*1-7-5-3-2-4-6-7;;;;/h2*2-6H,1H2;3*1H;/q;;;;;+3/p-3. The molecule has 2 aromatic carbocycles. The van der Waals surface area contributed by atoms with Gasteiger partial charge in [-0.3, -0.25) is 0 Å². The van der Waals surface area contributed by atoms with Crippen molar-refractivity contribution in [2.75, 3.05) is 0 Å². The van der Waals surface area contributed by atoms with E-state index < -0.39 is 14.0 Å². The molecule has 0 saturated carbocycles. The predicted octanol–water partition coefficient (Wildman–Crippen LogP) is 5.16. The Kier molecular flexibility index (Phi) is 4.55. The molecule has 0 atom stereocenters. The van der Waals surface area contributed by atoms with E-state index in [0.717, 1.165) is 11.1 Å². The van der Waals surface area contributed by atoms with Gasteiger partial charge < -0.3 is 0 Å². The van der Waals surface area contributed by atoms with Crippen molar-refractivity contribution in [3.05, 3.63) is 71.8 Å². The summed E-state index contributed by atoms with van der Waals surface area (Å²) in [5.74, 6) is 0. The zero-order valence-electron chi connectivity index (χ0n) is 9.77. The van der Waals surface area contributed by atoms with Crippen LogP contribution in [0.3, 0.4) is 0 Å². The van der Waals surface area contributed by atoms with Crippen LogP contribution in [0.15, 0.2) is 60.7 Å². The third-order valence-corrected chi connectivity index (χ3v) is 12.9. The molecular formula is C14H14Cl3Sb. The minimum absolute atomic E-state index is 0.591. The van der Waals surface area contributed by atoms with E-state index in [0.29, 0.717) is 8.73 Å². The summed E-state index contributed by atoms with van der Waals surface area (Å²) < 4.78 is 1.18. The second kappa shape index (κ2) is 5.63. The number of hydrogen-bond donors (Lipinski definition) is 0. The predicted molar refractivity (Wildman–Crippen MR) is 83.6 cm³/mol. The van der Waals surface area contributed by atoms with Crippen LogP contribution >= 0.6 is 26.5 Å². The van der Waals surface area contributed by atoms with E-state index in [1.54, 1.807) is 0 Å². The quantitative estimate of drug-likeness (QED) is 0.611. The molecule has 4 heteroatoms. The van der Waals surface area contributed by atoms with Crippen molar-refractivity contribution in [2.45, 2.75) is 8.73 Å². The van der Waals surface area contributed by atoms with Crippen LogP contribution in [0.2, 0.25) is 0 Å². The van der Waals surface area contributed by atoms with E-state index >= 15 is 0 Å². The molecule has 18 heavy (non-hydrogen) atoms. The number of benzene rings is 2. The summed E-state index contributed by atoms with van der Waals surface area (Å²) in [5, 5.41) is 0. The fourth-order valence-corrected chi connectivity index (χ4v) is 12.8. The molecule has 0 radical (unpaired) electrons. The Bertz CT molecular complexity index is 457. The van der Waals surface area contributed by atoms with Crippen molar-refractivity contribution >= 4 is 40.5 Å². The maximum atomic E-state index is 6.59. The van der Waals surface area contributed by atoms with E-state index in [4.69, 9.17) is 26.5 Å². The van der Waals surface area contributed by atoms with Crippen LogP contribution in [0.25, 0.3) is 0 Å². The molecule has 0 N–H and O–H groups in total. The molecule has 96 valence electrons. The van der Waals surface area contributed by atoms with Crippen molar-refractivity contribution in [3.8, 4) is 0 Å². The average molecular weight is 410 g/mol. The molecule has 0 amide bonds. The monoisotopic (exact) mass is 408 g/mol. The van der Waals surface area contributed by atoms with Crippen molar-refractivity contribution in [2.24, 2.45) is 0 Å². The average Bonchev–Trinajstić information content (AvgIpc) is 2.29. The Morgan fingerprint density at radius 1 is 0.611 bits per heavy atom. The summed E-state index contributed by atoms with van der Waals surface area (Å²) in [5.41, 5.74) is 2.21. The second-order valence-electron chi connectivity index (χ2n) is 4.42. The molecular weight excluding hydrogens is 396 g/mol. The molecule has 2 aromatic rings. The van der Waals surface area contributed by atoms with Crippen LogP contribution in [-0.4, -0.2) is 14.0 Å². The normalized spacial score (nSPS) is 13.8.